The fraction of sp³-hybridized carbons (Fsp3) is 0.179. The van der Waals surface area contributed by atoms with Gasteiger partial charge in [0.1, 0.15) is 23.2 Å². The molecule has 1 N–H and O–H groups in total. The van der Waals surface area contributed by atoms with E-state index in [4.69, 9.17) is 9.47 Å². The van der Waals surface area contributed by atoms with Crippen LogP contribution in [0.4, 0.5) is 10.1 Å². The predicted molar refractivity (Wildman–Crippen MR) is 131 cm³/mol. The molecule has 35 heavy (non-hydrogen) atoms. The number of carbonyl (C=O) groups excluding carboxylic acids is 2. The van der Waals surface area contributed by atoms with E-state index < -0.39 is 11.9 Å². The fourth-order valence-corrected chi connectivity index (χ4v) is 3.36. The molecule has 0 saturated heterocycles. The Morgan fingerprint density at radius 3 is 2.40 bits per heavy atom. The summed E-state index contributed by atoms with van der Waals surface area (Å²) < 4.78 is 24.8. The average molecular weight is 473 g/mol. The molecule has 3 rings (SSSR count). The highest BCUT2D eigenvalue weighted by atomic mass is 19.1. The third kappa shape index (κ3) is 6.78. The first-order valence-corrected chi connectivity index (χ1v) is 11.1. The second-order valence-electron chi connectivity index (χ2n) is 7.49. The second-order valence-corrected chi connectivity index (χ2v) is 7.49. The van der Waals surface area contributed by atoms with E-state index in [1.165, 1.54) is 24.3 Å². The molecular formula is C28H25FN2O4. The maximum atomic E-state index is 14.1. The summed E-state index contributed by atoms with van der Waals surface area (Å²) in [6.07, 6.45) is 1.80. The zero-order chi connectivity index (χ0) is 25.2. The molecule has 0 bridgehead atoms. The molecule has 0 spiro atoms. The van der Waals surface area contributed by atoms with Crippen molar-refractivity contribution in [3.63, 3.8) is 0 Å². The summed E-state index contributed by atoms with van der Waals surface area (Å²) in [7, 11) is 0. The number of nitrogens with zero attached hydrogens (tertiary/aromatic N) is 1. The molecule has 0 aliphatic carbocycles. The zero-order valence-corrected chi connectivity index (χ0v) is 19.5. The first-order valence-electron chi connectivity index (χ1n) is 11.1. The van der Waals surface area contributed by atoms with E-state index in [1.807, 2.05) is 13.0 Å². The number of amides is 1. The zero-order valence-electron chi connectivity index (χ0n) is 19.5. The van der Waals surface area contributed by atoms with Gasteiger partial charge in [0.25, 0.3) is 5.91 Å². The Hall–Kier alpha value is -4.44. The number of benzene rings is 3. The number of anilines is 1. The Bertz CT molecular complexity index is 1280. The van der Waals surface area contributed by atoms with Crippen LogP contribution >= 0.6 is 0 Å². The number of rotatable bonds is 9. The molecule has 1 amide bonds. The Labute approximate surface area is 203 Å². The van der Waals surface area contributed by atoms with Gasteiger partial charge >= 0.3 is 5.97 Å². The summed E-state index contributed by atoms with van der Waals surface area (Å²) >= 11 is 0. The molecule has 0 unspecified atom stereocenters. The summed E-state index contributed by atoms with van der Waals surface area (Å²) in [5.74, 6) is -0.786. The summed E-state index contributed by atoms with van der Waals surface area (Å²) in [4.78, 5) is 24.4. The smallest absolute Gasteiger partial charge is 0.338 e. The first-order chi connectivity index (χ1) is 16.9. The van der Waals surface area contributed by atoms with Crippen LogP contribution < -0.4 is 10.1 Å². The van der Waals surface area contributed by atoms with Crippen LogP contribution in [-0.4, -0.2) is 25.1 Å². The van der Waals surface area contributed by atoms with Crippen LogP contribution in [-0.2, 0) is 16.0 Å². The van der Waals surface area contributed by atoms with E-state index in [-0.39, 0.29) is 18.0 Å². The lowest BCUT2D eigenvalue weighted by molar-refractivity contribution is -0.112. The SMILES string of the molecule is CCOC(=O)c1ccc(NC(=O)/C(C#N)=C/c2ccc(Cc3ccccc3F)c(OCC)c2)cc1. The number of esters is 1. The van der Waals surface area contributed by atoms with Gasteiger partial charge in [0.05, 0.1) is 18.8 Å². The van der Waals surface area contributed by atoms with E-state index in [1.54, 1.807) is 55.5 Å². The van der Waals surface area contributed by atoms with Gasteiger partial charge in [-0.25, -0.2) is 9.18 Å². The lowest BCUT2D eigenvalue weighted by Crippen LogP contribution is -2.13. The van der Waals surface area contributed by atoms with Crippen LogP contribution in [0.3, 0.4) is 0 Å². The van der Waals surface area contributed by atoms with Crippen molar-refractivity contribution < 1.29 is 23.5 Å². The molecule has 0 fully saturated rings. The van der Waals surface area contributed by atoms with Gasteiger partial charge in [-0.2, -0.15) is 5.26 Å². The summed E-state index contributed by atoms with van der Waals surface area (Å²) in [5, 5.41) is 12.2. The molecule has 178 valence electrons. The second kappa shape index (κ2) is 12.1. The van der Waals surface area contributed by atoms with E-state index in [0.29, 0.717) is 41.2 Å². The predicted octanol–water partition coefficient (Wildman–Crippen LogP) is 5.54. The van der Waals surface area contributed by atoms with Crippen LogP contribution in [0, 0.1) is 17.1 Å². The maximum Gasteiger partial charge on any atom is 0.338 e. The molecular weight excluding hydrogens is 447 g/mol. The van der Waals surface area contributed by atoms with Gasteiger partial charge in [-0.15, -0.1) is 0 Å². The molecule has 0 aliphatic rings. The lowest BCUT2D eigenvalue weighted by atomic mass is 10.0. The molecule has 3 aromatic carbocycles. The van der Waals surface area contributed by atoms with Crippen molar-refractivity contribution in [2.45, 2.75) is 20.3 Å². The van der Waals surface area contributed by atoms with E-state index in [9.17, 15) is 19.2 Å². The standard InChI is InChI=1S/C28H25FN2O4/c1-3-34-26-16-19(9-10-22(26)17-21-7-5-6-8-25(21)29)15-23(18-30)27(32)31-24-13-11-20(12-14-24)28(33)35-4-2/h5-16H,3-4,17H2,1-2H3,(H,31,32)/b23-15+. The van der Waals surface area contributed by atoms with Crippen molar-refractivity contribution in [2.75, 3.05) is 18.5 Å². The van der Waals surface area contributed by atoms with E-state index in [0.717, 1.165) is 5.56 Å². The van der Waals surface area contributed by atoms with Crippen LogP contribution in [0.2, 0.25) is 0 Å². The van der Waals surface area contributed by atoms with Crippen molar-refractivity contribution in [1.29, 1.82) is 5.26 Å². The average Bonchev–Trinajstić information content (AvgIpc) is 2.86. The van der Waals surface area contributed by atoms with Crippen molar-refractivity contribution in [1.82, 2.24) is 0 Å². The van der Waals surface area contributed by atoms with Crippen LogP contribution in [0.5, 0.6) is 5.75 Å². The van der Waals surface area contributed by atoms with Crippen molar-refractivity contribution >= 4 is 23.6 Å². The fourth-order valence-electron chi connectivity index (χ4n) is 3.36. The van der Waals surface area contributed by atoms with Gasteiger partial charge in [0.2, 0.25) is 0 Å². The van der Waals surface area contributed by atoms with Crippen molar-refractivity contribution in [3.8, 4) is 11.8 Å². The molecule has 0 atom stereocenters. The third-order valence-electron chi connectivity index (χ3n) is 5.06. The summed E-state index contributed by atoms with van der Waals surface area (Å²) in [6, 6.07) is 19.9. The normalized spacial score (nSPS) is 10.9. The number of carbonyl (C=O) groups is 2. The highest BCUT2D eigenvalue weighted by molar-refractivity contribution is 6.09. The molecule has 6 nitrogen and oxygen atoms in total. The highest BCUT2D eigenvalue weighted by Crippen LogP contribution is 2.26. The summed E-state index contributed by atoms with van der Waals surface area (Å²) in [5.41, 5.74) is 2.61. The minimum atomic E-state index is -0.593. The highest BCUT2D eigenvalue weighted by Gasteiger charge is 2.13. The Balaban J connectivity index is 1.79. The van der Waals surface area contributed by atoms with Gasteiger partial charge in [-0.3, -0.25) is 4.79 Å². The quantitative estimate of drug-likeness (QED) is 0.251. The number of hydrogen-bond donors (Lipinski definition) is 1. The lowest BCUT2D eigenvalue weighted by Gasteiger charge is -2.12. The molecule has 0 aromatic heterocycles. The topological polar surface area (TPSA) is 88.4 Å². The minimum absolute atomic E-state index is 0.108. The Kier molecular flexibility index (Phi) is 8.74. The molecule has 3 aromatic rings. The monoisotopic (exact) mass is 472 g/mol. The molecule has 0 radical (unpaired) electrons. The molecule has 7 heteroatoms. The van der Waals surface area contributed by atoms with Crippen LogP contribution in [0.15, 0.2) is 72.3 Å². The first kappa shape index (κ1) is 25.2. The third-order valence-corrected chi connectivity index (χ3v) is 5.06. The minimum Gasteiger partial charge on any atom is -0.494 e. The number of hydrogen-bond acceptors (Lipinski definition) is 5. The maximum absolute atomic E-state index is 14.1. The van der Waals surface area contributed by atoms with Gasteiger partial charge < -0.3 is 14.8 Å². The van der Waals surface area contributed by atoms with Gasteiger partial charge in [-0.05, 0) is 73.0 Å². The van der Waals surface area contributed by atoms with Crippen molar-refractivity contribution in [3.05, 3.63) is 100 Å². The largest absolute Gasteiger partial charge is 0.494 e. The number of halogens is 1. The van der Waals surface area contributed by atoms with E-state index in [2.05, 4.69) is 5.32 Å². The van der Waals surface area contributed by atoms with Gasteiger partial charge in [0.15, 0.2) is 0 Å². The number of ether oxygens (including phenoxy) is 2. The Morgan fingerprint density at radius 1 is 1.00 bits per heavy atom. The molecule has 0 aliphatic heterocycles. The van der Waals surface area contributed by atoms with Crippen LogP contribution in [0.25, 0.3) is 6.08 Å². The van der Waals surface area contributed by atoms with E-state index >= 15 is 0 Å². The van der Waals surface area contributed by atoms with Gasteiger partial charge in [-0.1, -0.05) is 30.3 Å². The van der Waals surface area contributed by atoms with Crippen molar-refractivity contribution in [2.24, 2.45) is 0 Å². The van der Waals surface area contributed by atoms with Gasteiger partial charge in [0, 0.05) is 12.1 Å². The summed E-state index contributed by atoms with van der Waals surface area (Å²) in [6.45, 7) is 4.24. The number of nitriles is 1. The molecule has 0 saturated carbocycles. The Morgan fingerprint density at radius 2 is 1.74 bits per heavy atom. The van der Waals surface area contributed by atoms with Crippen LogP contribution in [0.1, 0.15) is 40.9 Å². The number of nitrogens with one attached hydrogen (secondary N) is 1. The molecule has 0 heterocycles.